The molecule has 3 rings (SSSR count). The van der Waals surface area contributed by atoms with Crippen LogP contribution in [0.25, 0.3) is 11.2 Å². The summed E-state index contributed by atoms with van der Waals surface area (Å²) in [7, 11) is 1.97. The molecule has 0 radical (unpaired) electrons. The van der Waals surface area contributed by atoms with Crippen LogP contribution in [0.2, 0.25) is 0 Å². The molecule has 0 amide bonds. The molecule has 2 aromatic rings. The first-order valence-corrected chi connectivity index (χ1v) is 7.36. The molecule has 5 nitrogen and oxygen atoms in total. The molecule has 3 heterocycles. The fourth-order valence-electron chi connectivity index (χ4n) is 2.81. The summed E-state index contributed by atoms with van der Waals surface area (Å²) in [4.78, 5) is 4.66. The van der Waals surface area contributed by atoms with Crippen molar-refractivity contribution in [2.75, 3.05) is 6.61 Å². The van der Waals surface area contributed by atoms with Crippen molar-refractivity contribution >= 4 is 22.8 Å². The number of nitrogens with zero attached hydrogens (tertiary/aromatic N) is 4. The van der Waals surface area contributed by atoms with E-state index in [1.807, 2.05) is 11.7 Å². The second-order valence-electron chi connectivity index (χ2n) is 5.00. The molecule has 1 fully saturated rings. The number of hydrogen-bond donors (Lipinski definition) is 0. The van der Waals surface area contributed by atoms with Crippen molar-refractivity contribution in [1.29, 1.82) is 0 Å². The molecule has 1 saturated heterocycles. The van der Waals surface area contributed by atoms with Gasteiger partial charge in [0.2, 0.25) is 0 Å². The van der Waals surface area contributed by atoms with Gasteiger partial charge in [0.05, 0.1) is 24.2 Å². The molecule has 1 aliphatic heterocycles. The van der Waals surface area contributed by atoms with Crippen LogP contribution in [-0.2, 0) is 30.6 Å². The van der Waals surface area contributed by atoms with Gasteiger partial charge in [0.15, 0.2) is 5.65 Å². The van der Waals surface area contributed by atoms with Gasteiger partial charge in [-0.15, -0.1) is 11.6 Å². The Labute approximate surface area is 117 Å². The van der Waals surface area contributed by atoms with Gasteiger partial charge in [-0.25, -0.2) is 4.98 Å². The number of aryl methyl sites for hydroxylation is 2. The van der Waals surface area contributed by atoms with Gasteiger partial charge in [0, 0.05) is 13.7 Å². The van der Waals surface area contributed by atoms with Gasteiger partial charge in [0.25, 0.3) is 0 Å². The Balaban J connectivity index is 2.06. The summed E-state index contributed by atoms with van der Waals surface area (Å²) in [6.07, 6.45) is 3.42. The third-order valence-electron chi connectivity index (χ3n) is 3.74. The second-order valence-corrected chi connectivity index (χ2v) is 5.27. The van der Waals surface area contributed by atoms with Gasteiger partial charge in [-0.05, 0) is 19.3 Å². The lowest BCUT2D eigenvalue weighted by atomic mass is 10.2. The molecule has 1 atom stereocenters. The van der Waals surface area contributed by atoms with Crippen molar-refractivity contribution in [3.8, 4) is 0 Å². The number of rotatable bonds is 4. The molecule has 0 N–H and O–H groups in total. The average Bonchev–Trinajstić information content (AvgIpc) is 3.09. The molecule has 104 valence electrons. The average molecular weight is 283 g/mol. The largest absolute Gasteiger partial charge is 0.376 e. The third kappa shape index (κ3) is 2.15. The summed E-state index contributed by atoms with van der Waals surface area (Å²) in [6, 6.07) is 0. The first kappa shape index (κ1) is 12.9. The Morgan fingerprint density at radius 1 is 1.47 bits per heavy atom. The molecule has 0 aromatic carbocycles. The zero-order valence-electron chi connectivity index (χ0n) is 11.4. The second kappa shape index (κ2) is 5.13. The highest BCUT2D eigenvalue weighted by Gasteiger charge is 2.22. The molecule has 0 aliphatic carbocycles. The maximum absolute atomic E-state index is 6.04. The van der Waals surface area contributed by atoms with Gasteiger partial charge >= 0.3 is 0 Å². The SMILES string of the molecule is CCc1nn(C)c2c1nc(CCl)n2CC1CCCO1. The summed E-state index contributed by atoms with van der Waals surface area (Å²) in [5, 5.41) is 4.53. The summed E-state index contributed by atoms with van der Waals surface area (Å²) in [6.45, 7) is 3.78. The fourth-order valence-corrected chi connectivity index (χ4v) is 3.01. The molecular weight excluding hydrogens is 264 g/mol. The number of ether oxygens (including phenoxy) is 1. The van der Waals surface area contributed by atoms with E-state index in [0.717, 1.165) is 55.1 Å². The lowest BCUT2D eigenvalue weighted by Crippen LogP contribution is -2.17. The van der Waals surface area contributed by atoms with Crippen LogP contribution in [0.3, 0.4) is 0 Å². The van der Waals surface area contributed by atoms with E-state index in [1.54, 1.807) is 0 Å². The summed E-state index contributed by atoms with van der Waals surface area (Å²) in [5.74, 6) is 1.33. The Morgan fingerprint density at radius 2 is 2.32 bits per heavy atom. The van der Waals surface area contributed by atoms with Gasteiger partial charge in [-0.2, -0.15) is 5.10 Å². The van der Waals surface area contributed by atoms with Crippen LogP contribution in [0.15, 0.2) is 0 Å². The van der Waals surface area contributed by atoms with Crippen LogP contribution in [0, 0.1) is 0 Å². The summed E-state index contributed by atoms with van der Waals surface area (Å²) >= 11 is 6.04. The number of halogens is 1. The molecule has 2 aromatic heterocycles. The maximum atomic E-state index is 6.04. The van der Waals surface area contributed by atoms with Crippen LogP contribution in [-0.4, -0.2) is 32.0 Å². The van der Waals surface area contributed by atoms with E-state index in [-0.39, 0.29) is 6.10 Å². The molecule has 1 aliphatic rings. The number of aromatic nitrogens is 4. The first-order valence-electron chi connectivity index (χ1n) is 6.83. The molecule has 19 heavy (non-hydrogen) atoms. The van der Waals surface area contributed by atoms with Crippen molar-refractivity contribution in [2.45, 2.75) is 44.7 Å². The highest BCUT2D eigenvalue weighted by Crippen LogP contribution is 2.23. The highest BCUT2D eigenvalue weighted by molar-refractivity contribution is 6.16. The Kier molecular flexibility index (Phi) is 3.50. The highest BCUT2D eigenvalue weighted by atomic mass is 35.5. The van der Waals surface area contributed by atoms with Crippen LogP contribution >= 0.6 is 11.6 Å². The minimum atomic E-state index is 0.277. The molecular formula is C13H19ClN4O. The van der Waals surface area contributed by atoms with Crippen molar-refractivity contribution in [3.05, 3.63) is 11.5 Å². The zero-order chi connectivity index (χ0) is 13.4. The minimum absolute atomic E-state index is 0.277. The van der Waals surface area contributed by atoms with E-state index in [1.165, 1.54) is 0 Å². The summed E-state index contributed by atoms with van der Waals surface area (Å²) < 4.78 is 9.81. The van der Waals surface area contributed by atoms with Gasteiger partial charge in [-0.3, -0.25) is 4.68 Å². The quantitative estimate of drug-likeness (QED) is 0.808. The van der Waals surface area contributed by atoms with Crippen LogP contribution in [0.5, 0.6) is 0 Å². The Hall–Kier alpha value is -1.07. The number of alkyl halides is 1. The van der Waals surface area contributed by atoms with E-state index in [2.05, 4.69) is 21.6 Å². The molecule has 0 spiro atoms. The summed E-state index contributed by atoms with van der Waals surface area (Å²) in [5.41, 5.74) is 3.08. The normalized spacial score (nSPS) is 19.6. The van der Waals surface area contributed by atoms with E-state index >= 15 is 0 Å². The fraction of sp³-hybridized carbons (Fsp3) is 0.692. The molecule has 1 unspecified atom stereocenters. The van der Waals surface area contributed by atoms with Gasteiger partial charge in [-0.1, -0.05) is 6.92 Å². The standard InChI is InChI=1S/C13H19ClN4O/c1-3-10-12-13(17(2)16-10)18(11(7-14)15-12)8-9-5-4-6-19-9/h9H,3-8H2,1-2H3. The van der Waals surface area contributed by atoms with E-state index in [9.17, 15) is 0 Å². The van der Waals surface area contributed by atoms with Crippen LogP contribution in [0.4, 0.5) is 0 Å². The van der Waals surface area contributed by atoms with Crippen molar-refractivity contribution in [2.24, 2.45) is 7.05 Å². The van der Waals surface area contributed by atoms with Crippen molar-refractivity contribution in [1.82, 2.24) is 19.3 Å². The number of hydrogen-bond acceptors (Lipinski definition) is 3. The van der Waals surface area contributed by atoms with Crippen molar-refractivity contribution in [3.63, 3.8) is 0 Å². The molecule has 0 bridgehead atoms. The van der Waals surface area contributed by atoms with E-state index in [4.69, 9.17) is 16.3 Å². The minimum Gasteiger partial charge on any atom is -0.376 e. The maximum Gasteiger partial charge on any atom is 0.158 e. The lowest BCUT2D eigenvalue weighted by Gasteiger charge is -2.13. The van der Waals surface area contributed by atoms with Crippen LogP contribution < -0.4 is 0 Å². The van der Waals surface area contributed by atoms with E-state index < -0.39 is 0 Å². The topological polar surface area (TPSA) is 44.9 Å². The molecule has 6 heteroatoms. The zero-order valence-corrected chi connectivity index (χ0v) is 12.2. The van der Waals surface area contributed by atoms with Crippen LogP contribution in [0.1, 0.15) is 31.3 Å². The van der Waals surface area contributed by atoms with E-state index in [0.29, 0.717) is 5.88 Å². The predicted octanol–water partition coefficient (Wildman–Crippen LogP) is 2.25. The first-order chi connectivity index (χ1) is 9.24. The van der Waals surface area contributed by atoms with Gasteiger partial charge < -0.3 is 9.30 Å². The Morgan fingerprint density at radius 3 is 2.95 bits per heavy atom. The monoisotopic (exact) mass is 282 g/mol. The van der Waals surface area contributed by atoms with Crippen molar-refractivity contribution < 1.29 is 4.74 Å². The molecule has 0 saturated carbocycles. The third-order valence-corrected chi connectivity index (χ3v) is 3.97. The van der Waals surface area contributed by atoms with Gasteiger partial charge in [0.1, 0.15) is 11.3 Å². The smallest absolute Gasteiger partial charge is 0.158 e. The number of imidazole rings is 1. The number of fused-ring (bicyclic) bond motifs is 1. The Bertz CT molecular complexity index is 583. The lowest BCUT2D eigenvalue weighted by molar-refractivity contribution is 0.0971. The predicted molar refractivity (Wildman–Crippen MR) is 74.4 cm³/mol.